The summed E-state index contributed by atoms with van der Waals surface area (Å²) in [5, 5.41) is 6.22. The van der Waals surface area contributed by atoms with Gasteiger partial charge in [0.1, 0.15) is 0 Å². The molecular formula is C20H33N3O2. The highest BCUT2D eigenvalue weighted by atomic mass is 16.5. The number of hydrogen-bond acceptors (Lipinski definition) is 4. The number of nitrogens with one attached hydrogen (secondary N) is 2. The molecule has 2 rings (SSSR count). The van der Waals surface area contributed by atoms with Crippen LogP contribution in [0.5, 0.6) is 0 Å². The van der Waals surface area contributed by atoms with E-state index in [0.29, 0.717) is 12.6 Å². The maximum Gasteiger partial charge on any atom is 0.239 e. The fourth-order valence-corrected chi connectivity index (χ4v) is 3.54. The minimum absolute atomic E-state index is 0.0139. The van der Waals surface area contributed by atoms with E-state index in [1.807, 2.05) is 13.0 Å². The van der Waals surface area contributed by atoms with Crippen molar-refractivity contribution < 1.29 is 9.53 Å². The first kappa shape index (κ1) is 19.7. The lowest BCUT2D eigenvalue weighted by Crippen LogP contribution is -2.39. The Kier molecular flexibility index (Phi) is 8.22. The van der Waals surface area contributed by atoms with E-state index in [9.17, 15) is 4.79 Å². The van der Waals surface area contributed by atoms with Crippen LogP contribution in [0.15, 0.2) is 24.3 Å². The van der Waals surface area contributed by atoms with Crippen molar-refractivity contribution in [2.45, 2.75) is 57.7 Å². The Hall–Kier alpha value is -1.59. The minimum Gasteiger partial charge on any atom is -0.383 e. The summed E-state index contributed by atoms with van der Waals surface area (Å²) in [5.41, 5.74) is 2.29. The molecule has 1 atom stereocenters. The second kappa shape index (κ2) is 10.4. The molecule has 1 aromatic rings. The van der Waals surface area contributed by atoms with E-state index < -0.39 is 0 Å². The molecule has 140 valence electrons. The maximum atomic E-state index is 12.0. The summed E-state index contributed by atoms with van der Waals surface area (Å²) in [4.78, 5) is 14.5. The van der Waals surface area contributed by atoms with Gasteiger partial charge in [0, 0.05) is 31.4 Å². The summed E-state index contributed by atoms with van der Waals surface area (Å²) in [6.45, 7) is 3.65. The molecule has 1 aliphatic carbocycles. The lowest BCUT2D eigenvalue weighted by molar-refractivity contribution is -0.120. The van der Waals surface area contributed by atoms with Crippen molar-refractivity contribution in [2.75, 3.05) is 32.6 Å². The molecule has 1 saturated carbocycles. The molecule has 0 saturated heterocycles. The largest absolute Gasteiger partial charge is 0.383 e. The number of anilines is 1. The number of amides is 1. The van der Waals surface area contributed by atoms with Gasteiger partial charge < -0.3 is 15.4 Å². The molecule has 1 unspecified atom stereocenters. The Morgan fingerprint density at radius 1 is 1.28 bits per heavy atom. The van der Waals surface area contributed by atoms with E-state index in [1.54, 1.807) is 7.11 Å². The van der Waals surface area contributed by atoms with Gasteiger partial charge in [-0.3, -0.25) is 9.69 Å². The number of ether oxygens (including phenoxy) is 1. The molecule has 5 heteroatoms. The highest BCUT2D eigenvalue weighted by Gasteiger charge is 2.18. The van der Waals surface area contributed by atoms with E-state index in [2.05, 4.69) is 40.8 Å². The molecule has 0 aliphatic heterocycles. The third kappa shape index (κ3) is 6.67. The number of hydrogen-bond donors (Lipinski definition) is 2. The van der Waals surface area contributed by atoms with Gasteiger partial charge in [-0.05, 0) is 38.4 Å². The molecule has 1 aromatic carbocycles. The van der Waals surface area contributed by atoms with Gasteiger partial charge in [0.25, 0.3) is 0 Å². The van der Waals surface area contributed by atoms with E-state index in [1.165, 1.54) is 37.7 Å². The van der Waals surface area contributed by atoms with Gasteiger partial charge in [-0.1, -0.05) is 37.5 Å². The van der Waals surface area contributed by atoms with Crippen molar-refractivity contribution in [2.24, 2.45) is 0 Å². The number of para-hydroxylation sites is 1. The summed E-state index contributed by atoms with van der Waals surface area (Å²) in [5.74, 6) is -0.0139. The van der Waals surface area contributed by atoms with Crippen molar-refractivity contribution in [1.29, 1.82) is 0 Å². The molecule has 0 radical (unpaired) electrons. The van der Waals surface area contributed by atoms with Crippen LogP contribution < -0.4 is 10.6 Å². The predicted molar refractivity (Wildman–Crippen MR) is 103 cm³/mol. The van der Waals surface area contributed by atoms with Crippen LogP contribution in [-0.4, -0.2) is 50.2 Å². The number of methoxy groups -OCH3 is 1. The molecule has 0 aromatic heterocycles. The van der Waals surface area contributed by atoms with Gasteiger partial charge in [-0.2, -0.15) is 0 Å². The lowest BCUT2D eigenvalue weighted by atomic mass is 9.94. The normalized spacial score (nSPS) is 16.6. The number of carbonyl (C=O) groups is 1. The topological polar surface area (TPSA) is 53.6 Å². The molecule has 0 bridgehead atoms. The summed E-state index contributed by atoms with van der Waals surface area (Å²) in [6.07, 6.45) is 6.65. The van der Waals surface area contributed by atoms with Gasteiger partial charge in [-0.15, -0.1) is 0 Å². The lowest BCUT2D eigenvalue weighted by Gasteiger charge is -2.31. The molecule has 5 nitrogen and oxygen atoms in total. The van der Waals surface area contributed by atoms with Crippen LogP contribution in [0.1, 0.15) is 44.6 Å². The zero-order valence-corrected chi connectivity index (χ0v) is 15.9. The number of nitrogens with zero attached hydrogens (tertiary/aromatic N) is 1. The van der Waals surface area contributed by atoms with E-state index in [0.717, 1.165) is 12.2 Å². The second-order valence-corrected chi connectivity index (χ2v) is 7.14. The molecule has 0 spiro atoms. The average molecular weight is 348 g/mol. The van der Waals surface area contributed by atoms with Crippen LogP contribution in [0.2, 0.25) is 0 Å². The molecule has 2 N–H and O–H groups in total. The Bertz CT molecular complexity index is 529. The molecule has 1 fully saturated rings. The van der Waals surface area contributed by atoms with Gasteiger partial charge >= 0.3 is 0 Å². The van der Waals surface area contributed by atoms with Crippen molar-refractivity contribution >= 4 is 11.6 Å². The summed E-state index contributed by atoms with van der Waals surface area (Å²) in [6, 6.07) is 8.98. The molecule has 25 heavy (non-hydrogen) atoms. The highest BCUT2D eigenvalue weighted by Crippen LogP contribution is 2.24. The van der Waals surface area contributed by atoms with Gasteiger partial charge in [0.05, 0.1) is 13.2 Å². The molecular weight excluding hydrogens is 314 g/mol. The molecule has 0 heterocycles. The first-order chi connectivity index (χ1) is 12.1. The van der Waals surface area contributed by atoms with E-state index in [4.69, 9.17) is 4.74 Å². The Morgan fingerprint density at radius 2 is 2.00 bits per heavy atom. The summed E-state index contributed by atoms with van der Waals surface area (Å²) >= 11 is 0. The summed E-state index contributed by atoms with van der Waals surface area (Å²) < 4.78 is 5.05. The van der Waals surface area contributed by atoms with Gasteiger partial charge in [0.15, 0.2) is 0 Å². The van der Waals surface area contributed by atoms with Crippen LogP contribution in [0.25, 0.3) is 0 Å². The number of carbonyl (C=O) groups excluding carboxylic acids is 1. The number of benzene rings is 1. The SMILES string of the molecule is COCC(C)NC(=O)CNc1ccccc1CN(C)C1CCCCC1. The Balaban J connectivity index is 1.88. The third-order valence-electron chi connectivity index (χ3n) is 4.90. The smallest absolute Gasteiger partial charge is 0.239 e. The van der Waals surface area contributed by atoms with Crippen LogP contribution in [0, 0.1) is 0 Å². The zero-order chi connectivity index (χ0) is 18.1. The quantitative estimate of drug-likeness (QED) is 0.721. The van der Waals surface area contributed by atoms with Crippen LogP contribution >= 0.6 is 0 Å². The van der Waals surface area contributed by atoms with Gasteiger partial charge in [-0.25, -0.2) is 0 Å². The maximum absolute atomic E-state index is 12.0. The number of rotatable bonds is 9. The zero-order valence-electron chi connectivity index (χ0n) is 15.9. The van der Waals surface area contributed by atoms with Crippen molar-refractivity contribution in [3.05, 3.63) is 29.8 Å². The van der Waals surface area contributed by atoms with Crippen molar-refractivity contribution in [3.8, 4) is 0 Å². The first-order valence-corrected chi connectivity index (χ1v) is 9.40. The second-order valence-electron chi connectivity index (χ2n) is 7.14. The fourth-order valence-electron chi connectivity index (χ4n) is 3.54. The monoisotopic (exact) mass is 347 g/mol. The van der Waals surface area contributed by atoms with E-state index >= 15 is 0 Å². The Morgan fingerprint density at radius 3 is 2.72 bits per heavy atom. The molecule has 1 amide bonds. The minimum atomic E-state index is -0.0139. The standard InChI is InChI=1S/C20H33N3O2/c1-16(15-25-3)22-20(24)13-21-19-12-8-7-9-17(19)14-23(2)18-10-5-4-6-11-18/h7-9,12,16,18,21H,4-6,10-11,13-15H2,1-3H3,(H,22,24). The summed E-state index contributed by atoms with van der Waals surface area (Å²) in [7, 11) is 3.85. The van der Waals surface area contributed by atoms with Crippen molar-refractivity contribution in [3.63, 3.8) is 0 Å². The third-order valence-corrected chi connectivity index (χ3v) is 4.90. The average Bonchev–Trinajstić information content (AvgIpc) is 2.62. The van der Waals surface area contributed by atoms with Crippen molar-refractivity contribution in [1.82, 2.24) is 10.2 Å². The predicted octanol–water partition coefficient (Wildman–Crippen LogP) is 3.01. The Labute approximate surface area is 152 Å². The van der Waals surface area contributed by atoms with Crippen LogP contribution in [0.3, 0.4) is 0 Å². The van der Waals surface area contributed by atoms with Crippen LogP contribution in [-0.2, 0) is 16.1 Å². The molecule has 1 aliphatic rings. The first-order valence-electron chi connectivity index (χ1n) is 9.40. The van der Waals surface area contributed by atoms with Gasteiger partial charge in [0.2, 0.25) is 5.91 Å². The fraction of sp³-hybridized carbons (Fsp3) is 0.650. The van der Waals surface area contributed by atoms with Crippen LogP contribution in [0.4, 0.5) is 5.69 Å². The van der Waals surface area contributed by atoms with E-state index in [-0.39, 0.29) is 18.5 Å². The highest BCUT2D eigenvalue weighted by molar-refractivity contribution is 5.81.